The first kappa shape index (κ1) is 14.8. The molecule has 2 fully saturated rings. The van der Waals surface area contributed by atoms with Crippen LogP contribution in [-0.4, -0.2) is 38.4 Å². The zero-order valence-corrected chi connectivity index (χ0v) is 12.2. The van der Waals surface area contributed by atoms with Crippen molar-refractivity contribution in [2.75, 3.05) is 26.4 Å². The van der Waals surface area contributed by atoms with E-state index in [1.807, 2.05) is 0 Å². The topological polar surface area (TPSA) is 47.6 Å². The maximum Gasteiger partial charge on any atom is 0.220 e. The van der Waals surface area contributed by atoms with Crippen LogP contribution in [-0.2, 0) is 14.3 Å². The van der Waals surface area contributed by atoms with E-state index in [2.05, 4.69) is 19.2 Å². The Morgan fingerprint density at radius 2 is 2.16 bits per heavy atom. The van der Waals surface area contributed by atoms with Crippen LogP contribution in [0.3, 0.4) is 0 Å². The Labute approximate surface area is 116 Å². The van der Waals surface area contributed by atoms with Gasteiger partial charge in [-0.1, -0.05) is 13.8 Å². The molecule has 2 aliphatic rings. The maximum absolute atomic E-state index is 11.8. The highest BCUT2D eigenvalue weighted by Crippen LogP contribution is 2.26. The second-order valence-electron chi connectivity index (χ2n) is 6.20. The summed E-state index contributed by atoms with van der Waals surface area (Å²) in [6.45, 7) is 7.67. The summed E-state index contributed by atoms with van der Waals surface area (Å²) >= 11 is 0. The Balaban J connectivity index is 1.62. The average Bonchev–Trinajstić information content (AvgIpc) is 3.04. The van der Waals surface area contributed by atoms with Crippen LogP contribution in [0.15, 0.2) is 0 Å². The molecule has 0 bridgehead atoms. The summed E-state index contributed by atoms with van der Waals surface area (Å²) < 4.78 is 11.1. The zero-order chi connectivity index (χ0) is 13.7. The lowest BCUT2D eigenvalue weighted by Gasteiger charge is -2.22. The fraction of sp³-hybridized carbons (Fsp3) is 0.933. The molecule has 3 atom stereocenters. The predicted molar refractivity (Wildman–Crippen MR) is 73.9 cm³/mol. The van der Waals surface area contributed by atoms with E-state index in [9.17, 15) is 4.79 Å². The van der Waals surface area contributed by atoms with Crippen molar-refractivity contribution in [2.45, 2.75) is 45.6 Å². The molecule has 0 aromatic rings. The van der Waals surface area contributed by atoms with Gasteiger partial charge in [0.05, 0.1) is 6.10 Å². The Hall–Kier alpha value is -0.610. The first-order valence-electron chi connectivity index (χ1n) is 7.63. The van der Waals surface area contributed by atoms with E-state index in [4.69, 9.17) is 9.47 Å². The quantitative estimate of drug-likeness (QED) is 0.802. The molecule has 1 amide bonds. The Bertz CT molecular complexity index is 287. The maximum atomic E-state index is 11.8. The van der Waals surface area contributed by atoms with Crippen molar-refractivity contribution in [1.29, 1.82) is 0 Å². The second kappa shape index (κ2) is 7.25. The van der Waals surface area contributed by atoms with Gasteiger partial charge in [-0.2, -0.15) is 0 Å². The lowest BCUT2D eigenvalue weighted by Crippen LogP contribution is -2.35. The first-order valence-corrected chi connectivity index (χ1v) is 7.63. The fourth-order valence-electron chi connectivity index (χ4n) is 3.09. The first-order chi connectivity index (χ1) is 9.16. The zero-order valence-electron chi connectivity index (χ0n) is 12.2. The molecule has 19 heavy (non-hydrogen) atoms. The number of rotatable bonds is 6. The highest BCUT2D eigenvalue weighted by Gasteiger charge is 2.30. The fourth-order valence-corrected chi connectivity index (χ4v) is 3.09. The van der Waals surface area contributed by atoms with Gasteiger partial charge in [0.1, 0.15) is 0 Å². The third-order valence-corrected chi connectivity index (χ3v) is 4.29. The molecule has 0 aromatic carbocycles. The normalized spacial score (nSPS) is 31.0. The van der Waals surface area contributed by atoms with Gasteiger partial charge in [0.2, 0.25) is 5.91 Å². The minimum absolute atomic E-state index is 0.182. The van der Waals surface area contributed by atoms with E-state index < -0.39 is 0 Å². The van der Waals surface area contributed by atoms with Gasteiger partial charge in [0, 0.05) is 38.7 Å². The third-order valence-electron chi connectivity index (χ3n) is 4.29. The van der Waals surface area contributed by atoms with Gasteiger partial charge >= 0.3 is 0 Å². The van der Waals surface area contributed by atoms with Crippen LogP contribution in [0.2, 0.25) is 0 Å². The van der Waals surface area contributed by atoms with Crippen molar-refractivity contribution >= 4 is 5.91 Å². The summed E-state index contributed by atoms with van der Waals surface area (Å²) in [7, 11) is 0. The van der Waals surface area contributed by atoms with E-state index in [-0.39, 0.29) is 5.91 Å². The van der Waals surface area contributed by atoms with Crippen molar-refractivity contribution in [3.63, 3.8) is 0 Å². The van der Waals surface area contributed by atoms with Crippen LogP contribution in [0, 0.1) is 17.8 Å². The molecule has 2 aliphatic heterocycles. The lowest BCUT2D eigenvalue weighted by atomic mass is 9.93. The number of hydrogen-bond donors (Lipinski definition) is 1. The molecule has 110 valence electrons. The van der Waals surface area contributed by atoms with E-state index in [0.717, 1.165) is 45.6 Å². The molecule has 0 unspecified atom stereocenters. The Morgan fingerprint density at radius 1 is 1.32 bits per heavy atom. The summed E-state index contributed by atoms with van der Waals surface area (Å²) in [6.07, 6.45) is 4.08. The summed E-state index contributed by atoms with van der Waals surface area (Å²) in [6, 6.07) is 0. The van der Waals surface area contributed by atoms with E-state index in [1.165, 1.54) is 0 Å². The van der Waals surface area contributed by atoms with Gasteiger partial charge < -0.3 is 14.8 Å². The van der Waals surface area contributed by atoms with Crippen molar-refractivity contribution in [1.82, 2.24) is 5.32 Å². The number of ether oxygens (including phenoxy) is 2. The lowest BCUT2D eigenvalue weighted by molar-refractivity contribution is -0.121. The summed E-state index contributed by atoms with van der Waals surface area (Å²) in [4.78, 5) is 11.8. The molecule has 0 spiro atoms. The number of carbonyl (C=O) groups excluding carboxylic acids is 1. The minimum atomic E-state index is 0.182. The molecule has 0 aliphatic carbocycles. The molecule has 2 heterocycles. The average molecular weight is 269 g/mol. The number of hydrogen-bond acceptors (Lipinski definition) is 3. The van der Waals surface area contributed by atoms with Crippen LogP contribution in [0.1, 0.15) is 39.5 Å². The molecule has 0 radical (unpaired) electrons. The van der Waals surface area contributed by atoms with Crippen molar-refractivity contribution < 1.29 is 14.3 Å². The highest BCUT2D eigenvalue weighted by atomic mass is 16.5. The number of nitrogens with one attached hydrogen (secondary N) is 1. The molecular formula is C15H27NO3. The minimum Gasteiger partial charge on any atom is -0.381 e. The number of carbonyl (C=O) groups is 1. The van der Waals surface area contributed by atoms with Crippen LogP contribution in [0.5, 0.6) is 0 Å². The van der Waals surface area contributed by atoms with Gasteiger partial charge in [-0.15, -0.1) is 0 Å². The number of amides is 1. The molecular weight excluding hydrogens is 242 g/mol. The smallest absolute Gasteiger partial charge is 0.220 e. The van der Waals surface area contributed by atoms with Gasteiger partial charge in [-0.05, 0) is 31.1 Å². The van der Waals surface area contributed by atoms with Crippen LogP contribution >= 0.6 is 0 Å². The van der Waals surface area contributed by atoms with Gasteiger partial charge in [-0.3, -0.25) is 4.79 Å². The summed E-state index contributed by atoms with van der Waals surface area (Å²) in [5.41, 5.74) is 0. The van der Waals surface area contributed by atoms with Crippen LogP contribution < -0.4 is 5.32 Å². The monoisotopic (exact) mass is 269 g/mol. The molecule has 0 saturated carbocycles. The standard InChI is InChI=1S/C15H27NO3/c1-11(2)15-13(6-8-19-15)9-16-14(17)4-3-12-5-7-18-10-12/h11-13,15H,3-10H2,1-2H3,(H,16,17)/t12-,13-,15-/m1/s1. The Morgan fingerprint density at radius 3 is 2.84 bits per heavy atom. The van der Waals surface area contributed by atoms with Crippen molar-refractivity contribution in [3.8, 4) is 0 Å². The molecule has 0 aromatic heterocycles. The third kappa shape index (κ3) is 4.46. The molecule has 4 heteroatoms. The molecule has 2 rings (SSSR count). The summed E-state index contributed by atoms with van der Waals surface area (Å²) in [5.74, 6) is 1.78. The van der Waals surface area contributed by atoms with Crippen LogP contribution in [0.25, 0.3) is 0 Å². The van der Waals surface area contributed by atoms with E-state index >= 15 is 0 Å². The highest BCUT2D eigenvalue weighted by molar-refractivity contribution is 5.75. The van der Waals surface area contributed by atoms with Gasteiger partial charge in [-0.25, -0.2) is 0 Å². The molecule has 1 N–H and O–H groups in total. The van der Waals surface area contributed by atoms with E-state index in [0.29, 0.717) is 30.3 Å². The summed E-state index contributed by atoms with van der Waals surface area (Å²) in [5, 5.41) is 3.07. The van der Waals surface area contributed by atoms with E-state index in [1.54, 1.807) is 0 Å². The van der Waals surface area contributed by atoms with Gasteiger partial charge in [0.15, 0.2) is 0 Å². The van der Waals surface area contributed by atoms with Crippen LogP contribution in [0.4, 0.5) is 0 Å². The molecule has 4 nitrogen and oxygen atoms in total. The molecule has 2 saturated heterocycles. The van der Waals surface area contributed by atoms with Gasteiger partial charge in [0.25, 0.3) is 0 Å². The second-order valence-corrected chi connectivity index (χ2v) is 6.20. The Kier molecular flexibility index (Phi) is 5.64. The largest absolute Gasteiger partial charge is 0.381 e. The SMILES string of the molecule is CC(C)[C@H]1OCC[C@@H]1CNC(=O)CC[C@@H]1CCOC1. The van der Waals surface area contributed by atoms with Crippen molar-refractivity contribution in [3.05, 3.63) is 0 Å². The predicted octanol–water partition coefficient (Wildman–Crippen LogP) is 1.98. The van der Waals surface area contributed by atoms with Crippen molar-refractivity contribution in [2.24, 2.45) is 17.8 Å².